The highest BCUT2D eigenvalue weighted by atomic mass is 35.5. The fraction of sp³-hybridized carbons (Fsp3) is 0.118. The van der Waals surface area contributed by atoms with Crippen molar-refractivity contribution in [2.45, 2.75) is 16.9 Å². The van der Waals surface area contributed by atoms with Gasteiger partial charge in [-0.15, -0.1) is 0 Å². The molecule has 3 aromatic rings. The molecule has 0 fully saturated rings. The van der Waals surface area contributed by atoms with Crippen molar-refractivity contribution in [2.24, 2.45) is 0 Å². The van der Waals surface area contributed by atoms with E-state index in [4.69, 9.17) is 16.9 Å². The van der Waals surface area contributed by atoms with Crippen molar-refractivity contribution in [1.82, 2.24) is 25.1 Å². The Morgan fingerprint density at radius 2 is 1.97 bits per heavy atom. The Hall–Kier alpha value is -3.50. The van der Waals surface area contributed by atoms with Crippen LogP contribution in [0.5, 0.6) is 0 Å². The molecule has 9 nitrogen and oxygen atoms in total. The van der Waals surface area contributed by atoms with Crippen molar-refractivity contribution in [3.63, 3.8) is 0 Å². The maximum absolute atomic E-state index is 12.8. The molecule has 31 heavy (non-hydrogen) atoms. The molecule has 160 valence electrons. The van der Waals surface area contributed by atoms with Crippen LogP contribution in [0.25, 0.3) is 5.82 Å². The molecule has 0 bridgehead atoms. The summed E-state index contributed by atoms with van der Waals surface area (Å²) >= 11 is 5.71. The smallest absolute Gasteiger partial charge is 0.345 e. The van der Waals surface area contributed by atoms with Crippen LogP contribution in [0.3, 0.4) is 0 Å². The number of carbonyl (C=O) groups is 1. The first-order valence-electron chi connectivity index (χ1n) is 8.18. The van der Waals surface area contributed by atoms with Gasteiger partial charge in [0.2, 0.25) is 0 Å². The summed E-state index contributed by atoms with van der Waals surface area (Å²) in [6, 6.07) is 7.13. The third kappa shape index (κ3) is 4.65. The van der Waals surface area contributed by atoms with Gasteiger partial charge in [-0.3, -0.25) is 4.79 Å². The van der Waals surface area contributed by atoms with Crippen LogP contribution < -0.4 is 5.32 Å². The minimum atomic E-state index is -5.68. The molecule has 2 heterocycles. The molecule has 1 amide bonds. The van der Waals surface area contributed by atoms with Gasteiger partial charge in [0.25, 0.3) is 15.7 Å². The quantitative estimate of drug-likeness (QED) is 0.605. The summed E-state index contributed by atoms with van der Waals surface area (Å²) in [6.07, 6.45) is 2.50. The lowest BCUT2D eigenvalue weighted by Crippen LogP contribution is -2.26. The van der Waals surface area contributed by atoms with Crippen molar-refractivity contribution >= 4 is 27.3 Å². The number of alkyl halides is 3. The Balaban J connectivity index is 1.81. The van der Waals surface area contributed by atoms with Crippen molar-refractivity contribution in [3.05, 3.63) is 64.8 Å². The van der Waals surface area contributed by atoms with E-state index in [-0.39, 0.29) is 17.4 Å². The Morgan fingerprint density at radius 3 is 2.58 bits per heavy atom. The van der Waals surface area contributed by atoms with Crippen molar-refractivity contribution < 1.29 is 26.4 Å². The standard InChI is InChI=1S/C17H10ClF3N6O3S/c18-12-3-11(4-13(5-12)31(29,30)17(19,20)21)16(28)24-8-15-25-9-26-27(15)14-2-1-10(6-22)7-23-14/h1-5,7,9H,8H2,(H,24,28). The van der Waals surface area contributed by atoms with E-state index in [0.717, 1.165) is 6.07 Å². The zero-order valence-electron chi connectivity index (χ0n) is 15.1. The maximum Gasteiger partial charge on any atom is 0.501 e. The highest BCUT2D eigenvalue weighted by Crippen LogP contribution is 2.32. The summed E-state index contributed by atoms with van der Waals surface area (Å²) in [5.74, 6) is -0.360. The predicted molar refractivity (Wildman–Crippen MR) is 99.7 cm³/mol. The van der Waals surface area contributed by atoms with Gasteiger partial charge in [-0.25, -0.2) is 18.4 Å². The van der Waals surface area contributed by atoms with Crippen LogP contribution in [-0.4, -0.2) is 39.6 Å². The molecule has 0 aliphatic carbocycles. The van der Waals surface area contributed by atoms with Gasteiger partial charge in [0, 0.05) is 16.8 Å². The summed E-state index contributed by atoms with van der Waals surface area (Å²) in [7, 11) is -5.68. The molecule has 0 saturated heterocycles. The normalized spacial score (nSPS) is 11.7. The predicted octanol–water partition coefficient (Wildman–Crippen LogP) is 2.41. The number of rotatable bonds is 5. The first-order chi connectivity index (χ1) is 14.5. The number of amides is 1. The number of aromatic nitrogens is 4. The minimum absolute atomic E-state index is 0.214. The van der Waals surface area contributed by atoms with E-state index in [2.05, 4.69) is 20.4 Å². The summed E-state index contributed by atoms with van der Waals surface area (Å²) in [6.45, 7) is -0.214. The number of nitrogens with zero attached hydrogens (tertiary/aromatic N) is 5. The fourth-order valence-corrected chi connectivity index (χ4v) is 3.53. The Labute approximate surface area is 178 Å². The van der Waals surface area contributed by atoms with E-state index >= 15 is 0 Å². The van der Waals surface area contributed by atoms with Crippen LogP contribution in [0.2, 0.25) is 5.02 Å². The molecular formula is C17H10ClF3N6O3S. The number of nitrogens with one attached hydrogen (secondary N) is 1. The van der Waals surface area contributed by atoms with E-state index < -0.39 is 31.7 Å². The van der Waals surface area contributed by atoms with E-state index in [1.807, 2.05) is 6.07 Å². The molecule has 0 aliphatic heterocycles. The van der Waals surface area contributed by atoms with Gasteiger partial charge < -0.3 is 5.32 Å². The van der Waals surface area contributed by atoms with Crippen molar-refractivity contribution in [3.8, 4) is 11.9 Å². The zero-order valence-corrected chi connectivity index (χ0v) is 16.7. The molecule has 0 saturated carbocycles. The van der Waals surface area contributed by atoms with Crippen LogP contribution in [0.15, 0.2) is 47.8 Å². The topological polar surface area (TPSA) is 131 Å². The lowest BCUT2D eigenvalue weighted by atomic mass is 10.2. The number of carbonyl (C=O) groups excluding carboxylic acids is 1. The van der Waals surface area contributed by atoms with Crippen LogP contribution >= 0.6 is 11.6 Å². The van der Waals surface area contributed by atoms with Gasteiger partial charge >= 0.3 is 5.51 Å². The van der Waals surface area contributed by atoms with E-state index in [1.165, 1.54) is 29.3 Å². The second kappa shape index (κ2) is 8.32. The molecular weight excluding hydrogens is 461 g/mol. The molecule has 0 atom stereocenters. The largest absolute Gasteiger partial charge is 0.501 e. The summed E-state index contributed by atoms with van der Waals surface area (Å²) in [4.78, 5) is 19.3. The summed E-state index contributed by atoms with van der Waals surface area (Å²) in [5.41, 5.74) is -5.61. The summed E-state index contributed by atoms with van der Waals surface area (Å²) in [5, 5.41) is 14.8. The van der Waals surface area contributed by atoms with Crippen LogP contribution in [0.1, 0.15) is 21.7 Å². The van der Waals surface area contributed by atoms with Gasteiger partial charge in [0.05, 0.1) is 17.0 Å². The van der Waals surface area contributed by atoms with Crippen molar-refractivity contribution in [2.75, 3.05) is 0 Å². The van der Waals surface area contributed by atoms with Gasteiger partial charge in [-0.1, -0.05) is 11.6 Å². The van der Waals surface area contributed by atoms with E-state index in [1.54, 1.807) is 0 Å². The maximum atomic E-state index is 12.8. The Morgan fingerprint density at radius 1 is 1.23 bits per heavy atom. The SMILES string of the molecule is N#Cc1ccc(-n2ncnc2CNC(=O)c2cc(Cl)cc(S(=O)(=O)C(F)(F)F)c2)nc1. The lowest BCUT2D eigenvalue weighted by Gasteiger charge is -2.11. The second-order valence-corrected chi connectivity index (χ2v) is 8.29. The highest BCUT2D eigenvalue weighted by Gasteiger charge is 2.47. The molecule has 1 aromatic carbocycles. The third-order valence-electron chi connectivity index (χ3n) is 3.87. The second-order valence-electron chi connectivity index (χ2n) is 5.91. The monoisotopic (exact) mass is 470 g/mol. The highest BCUT2D eigenvalue weighted by molar-refractivity contribution is 7.92. The Kier molecular flexibility index (Phi) is 5.96. The molecule has 14 heteroatoms. The van der Waals surface area contributed by atoms with E-state index in [0.29, 0.717) is 23.5 Å². The van der Waals surface area contributed by atoms with Crippen LogP contribution in [0, 0.1) is 11.3 Å². The molecule has 1 N–H and O–H groups in total. The molecule has 0 aliphatic rings. The molecule has 3 rings (SSSR count). The minimum Gasteiger partial charge on any atom is -0.345 e. The molecule has 2 aromatic heterocycles. The number of hydrogen-bond donors (Lipinski definition) is 1. The van der Waals surface area contributed by atoms with E-state index in [9.17, 15) is 26.4 Å². The molecule has 0 radical (unpaired) electrons. The average Bonchev–Trinajstić information content (AvgIpc) is 3.19. The molecule has 0 spiro atoms. The number of hydrogen-bond acceptors (Lipinski definition) is 7. The third-order valence-corrected chi connectivity index (χ3v) is 5.55. The first-order valence-corrected chi connectivity index (χ1v) is 10.0. The number of sulfone groups is 1. The average molecular weight is 471 g/mol. The first kappa shape index (κ1) is 22.2. The van der Waals surface area contributed by atoms with Gasteiger partial charge in [-0.05, 0) is 30.3 Å². The van der Waals surface area contributed by atoms with Crippen LogP contribution in [-0.2, 0) is 16.4 Å². The van der Waals surface area contributed by atoms with Crippen molar-refractivity contribution in [1.29, 1.82) is 5.26 Å². The number of nitriles is 1. The lowest BCUT2D eigenvalue weighted by molar-refractivity contribution is -0.0436. The summed E-state index contributed by atoms with van der Waals surface area (Å²) < 4.78 is 62.9. The molecule has 0 unspecified atom stereocenters. The van der Waals surface area contributed by atoms with Crippen LogP contribution in [0.4, 0.5) is 13.2 Å². The number of pyridine rings is 1. The van der Waals surface area contributed by atoms with Gasteiger partial charge in [0.15, 0.2) is 11.6 Å². The number of benzene rings is 1. The fourth-order valence-electron chi connectivity index (χ4n) is 2.40. The van der Waals surface area contributed by atoms with Gasteiger partial charge in [0.1, 0.15) is 12.4 Å². The number of halogens is 4. The Bertz CT molecular complexity index is 1280. The van der Waals surface area contributed by atoms with Gasteiger partial charge in [-0.2, -0.15) is 28.2 Å². The zero-order chi connectivity index (χ0) is 22.8.